The average molecular weight is 300 g/mol. The Balaban J connectivity index is 2.05. The minimum Gasteiger partial charge on any atom is -0.497 e. The molecule has 0 spiro atoms. The molecule has 2 heterocycles. The molecular formula is C17H20N2O3. The molecule has 116 valence electrons. The molecule has 0 amide bonds. The van der Waals surface area contributed by atoms with Gasteiger partial charge in [-0.05, 0) is 37.1 Å². The van der Waals surface area contributed by atoms with E-state index in [1.54, 1.807) is 17.7 Å². The van der Waals surface area contributed by atoms with Crippen LogP contribution < -0.4 is 16.0 Å². The van der Waals surface area contributed by atoms with Crippen LogP contribution in [0, 0.1) is 0 Å². The van der Waals surface area contributed by atoms with Crippen molar-refractivity contribution in [1.29, 1.82) is 0 Å². The van der Waals surface area contributed by atoms with E-state index in [2.05, 4.69) is 0 Å². The first-order valence-corrected chi connectivity index (χ1v) is 7.44. The minimum absolute atomic E-state index is 0.0730. The van der Waals surface area contributed by atoms with Crippen molar-refractivity contribution in [1.82, 2.24) is 4.57 Å². The largest absolute Gasteiger partial charge is 0.497 e. The van der Waals surface area contributed by atoms with Gasteiger partial charge in [0.15, 0.2) is 0 Å². The Morgan fingerprint density at radius 3 is 2.95 bits per heavy atom. The number of aromatic nitrogens is 1. The third-order valence-corrected chi connectivity index (χ3v) is 3.98. The molecule has 1 unspecified atom stereocenters. The van der Waals surface area contributed by atoms with Crippen LogP contribution >= 0.6 is 0 Å². The van der Waals surface area contributed by atoms with E-state index in [1.165, 1.54) is 0 Å². The van der Waals surface area contributed by atoms with Crippen molar-refractivity contribution in [3.05, 3.63) is 46.8 Å². The monoisotopic (exact) mass is 300 g/mol. The van der Waals surface area contributed by atoms with Crippen LogP contribution in [0.1, 0.15) is 12.8 Å². The van der Waals surface area contributed by atoms with Crippen molar-refractivity contribution >= 4 is 5.69 Å². The molecule has 0 saturated carbocycles. The highest BCUT2D eigenvalue weighted by Crippen LogP contribution is 2.25. The van der Waals surface area contributed by atoms with Gasteiger partial charge in [0.25, 0.3) is 5.56 Å². The van der Waals surface area contributed by atoms with Gasteiger partial charge in [0.1, 0.15) is 5.75 Å². The molecule has 1 fully saturated rings. The van der Waals surface area contributed by atoms with Crippen LogP contribution in [-0.2, 0) is 11.3 Å². The van der Waals surface area contributed by atoms with Gasteiger partial charge >= 0.3 is 0 Å². The van der Waals surface area contributed by atoms with Crippen molar-refractivity contribution in [3.8, 4) is 17.0 Å². The number of nitrogens with two attached hydrogens (primary N) is 1. The number of nitrogens with zero attached hydrogens (tertiary/aromatic N) is 1. The van der Waals surface area contributed by atoms with E-state index in [1.807, 2.05) is 30.3 Å². The van der Waals surface area contributed by atoms with Gasteiger partial charge in [0, 0.05) is 12.2 Å². The van der Waals surface area contributed by atoms with Crippen molar-refractivity contribution in [2.45, 2.75) is 25.5 Å². The maximum absolute atomic E-state index is 12.5. The number of hydrogen-bond donors (Lipinski definition) is 1. The van der Waals surface area contributed by atoms with Gasteiger partial charge in [0.05, 0.1) is 31.1 Å². The van der Waals surface area contributed by atoms with Crippen LogP contribution in [0.4, 0.5) is 5.69 Å². The maximum atomic E-state index is 12.5. The minimum atomic E-state index is -0.171. The molecule has 1 aliphatic heterocycles. The maximum Gasteiger partial charge on any atom is 0.274 e. The fourth-order valence-corrected chi connectivity index (χ4v) is 2.80. The standard InChI is InChI=1S/C17H20N2O3/c1-21-13-5-2-4-12(10-13)16-8-7-15(18)17(20)19(16)11-14-6-3-9-22-14/h2,4-5,7-8,10,14H,3,6,9,11,18H2,1H3. The number of pyridine rings is 1. The van der Waals surface area contributed by atoms with E-state index in [0.717, 1.165) is 36.5 Å². The summed E-state index contributed by atoms with van der Waals surface area (Å²) in [5.41, 5.74) is 7.64. The van der Waals surface area contributed by atoms with E-state index in [4.69, 9.17) is 15.2 Å². The van der Waals surface area contributed by atoms with Crippen molar-refractivity contribution in [2.24, 2.45) is 0 Å². The Morgan fingerprint density at radius 1 is 1.36 bits per heavy atom. The smallest absolute Gasteiger partial charge is 0.274 e. The molecule has 5 heteroatoms. The first-order chi connectivity index (χ1) is 10.7. The number of nitrogen functional groups attached to an aromatic ring is 1. The fourth-order valence-electron chi connectivity index (χ4n) is 2.80. The summed E-state index contributed by atoms with van der Waals surface area (Å²) in [5, 5.41) is 0. The SMILES string of the molecule is COc1cccc(-c2ccc(N)c(=O)n2CC2CCCO2)c1. The van der Waals surface area contributed by atoms with Gasteiger partial charge in [-0.1, -0.05) is 12.1 Å². The van der Waals surface area contributed by atoms with E-state index < -0.39 is 0 Å². The fraction of sp³-hybridized carbons (Fsp3) is 0.353. The first kappa shape index (κ1) is 14.7. The van der Waals surface area contributed by atoms with Gasteiger partial charge in [-0.3, -0.25) is 4.79 Å². The Labute approximate surface area is 129 Å². The summed E-state index contributed by atoms with van der Waals surface area (Å²) in [7, 11) is 1.63. The second kappa shape index (κ2) is 6.23. The molecule has 0 radical (unpaired) electrons. The number of anilines is 1. The van der Waals surface area contributed by atoms with Crippen LogP contribution in [0.15, 0.2) is 41.2 Å². The highest BCUT2D eigenvalue weighted by Gasteiger charge is 2.19. The summed E-state index contributed by atoms with van der Waals surface area (Å²) in [6, 6.07) is 11.2. The predicted octanol–water partition coefficient (Wildman–Crippen LogP) is 2.29. The predicted molar refractivity (Wildman–Crippen MR) is 86.1 cm³/mol. The molecule has 5 nitrogen and oxygen atoms in total. The summed E-state index contributed by atoms with van der Waals surface area (Å²) in [5.74, 6) is 0.755. The summed E-state index contributed by atoms with van der Waals surface area (Å²) >= 11 is 0. The number of ether oxygens (including phenoxy) is 2. The average Bonchev–Trinajstić information content (AvgIpc) is 3.05. The van der Waals surface area contributed by atoms with Crippen LogP contribution in [0.5, 0.6) is 5.75 Å². The molecule has 2 N–H and O–H groups in total. The van der Waals surface area contributed by atoms with Crippen LogP contribution in [0.25, 0.3) is 11.3 Å². The molecule has 1 aliphatic rings. The number of methoxy groups -OCH3 is 1. The molecule has 3 rings (SSSR count). The van der Waals surface area contributed by atoms with E-state index in [-0.39, 0.29) is 17.4 Å². The lowest BCUT2D eigenvalue weighted by atomic mass is 10.1. The molecular weight excluding hydrogens is 280 g/mol. The second-order valence-electron chi connectivity index (χ2n) is 5.46. The highest BCUT2D eigenvalue weighted by atomic mass is 16.5. The Morgan fingerprint density at radius 2 is 2.23 bits per heavy atom. The molecule has 1 aromatic heterocycles. The van der Waals surface area contributed by atoms with Crippen molar-refractivity contribution < 1.29 is 9.47 Å². The van der Waals surface area contributed by atoms with E-state index in [9.17, 15) is 4.79 Å². The molecule has 1 saturated heterocycles. The molecule has 2 aromatic rings. The van der Waals surface area contributed by atoms with Crippen LogP contribution in [0.2, 0.25) is 0 Å². The number of rotatable bonds is 4. The van der Waals surface area contributed by atoms with Gasteiger partial charge in [0.2, 0.25) is 0 Å². The third kappa shape index (κ3) is 2.85. The molecule has 22 heavy (non-hydrogen) atoms. The number of benzene rings is 1. The zero-order valence-corrected chi connectivity index (χ0v) is 12.6. The van der Waals surface area contributed by atoms with Crippen LogP contribution in [0.3, 0.4) is 0 Å². The molecule has 0 bridgehead atoms. The van der Waals surface area contributed by atoms with E-state index >= 15 is 0 Å². The third-order valence-electron chi connectivity index (χ3n) is 3.98. The van der Waals surface area contributed by atoms with Gasteiger partial charge in [-0.2, -0.15) is 0 Å². The molecule has 1 atom stereocenters. The normalized spacial score (nSPS) is 17.6. The summed E-state index contributed by atoms with van der Waals surface area (Å²) < 4.78 is 12.6. The lowest BCUT2D eigenvalue weighted by Crippen LogP contribution is -2.29. The lowest BCUT2D eigenvalue weighted by molar-refractivity contribution is 0.0966. The van der Waals surface area contributed by atoms with E-state index in [0.29, 0.717) is 6.54 Å². The van der Waals surface area contributed by atoms with Crippen molar-refractivity contribution in [3.63, 3.8) is 0 Å². The van der Waals surface area contributed by atoms with Gasteiger partial charge < -0.3 is 19.8 Å². The first-order valence-electron chi connectivity index (χ1n) is 7.44. The summed E-state index contributed by atoms with van der Waals surface area (Å²) in [6.45, 7) is 1.28. The Bertz CT molecular complexity index is 718. The van der Waals surface area contributed by atoms with Gasteiger partial charge in [-0.15, -0.1) is 0 Å². The van der Waals surface area contributed by atoms with Crippen LogP contribution in [-0.4, -0.2) is 24.4 Å². The lowest BCUT2D eigenvalue weighted by Gasteiger charge is -2.17. The zero-order valence-electron chi connectivity index (χ0n) is 12.6. The highest BCUT2D eigenvalue weighted by molar-refractivity contribution is 5.63. The van der Waals surface area contributed by atoms with Gasteiger partial charge in [-0.25, -0.2) is 0 Å². The summed E-state index contributed by atoms with van der Waals surface area (Å²) in [4.78, 5) is 12.5. The quantitative estimate of drug-likeness (QED) is 0.940. The van der Waals surface area contributed by atoms with Crippen molar-refractivity contribution in [2.75, 3.05) is 19.5 Å². The number of hydrogen-bond acceptors (Lipinski definition) is 4. The Hall–Kier alpha value is -2.27. The Kier molecular flexibility index (Phi) is 4.15. The molecule has 0 aliphatic carbocycles. The summed E-state index contributed by atoms with van der Waals surface area (Å²) in [6.07, 6.45) is 2.08. The second-order valence-corrected chi connectivity index (χ2v) is 5.46. The topological polar surface area (TPSA) is 66.5 Å². The molecule has 1 aromatic carbocycles. The zero-order chi connectivity index (χ0) is 15.5.